The summed E-state index contributed by atoms with van der Waals surface area (Å²) >= 11 is 1.79. The van der Waals surface area contributed by atoms with Gasteiger partial charge in [-0.15, -0.1) is 11.3 Å². The zero-order valence-corrected chi connectivity index (χ0v) is 10.8. The SMILES string of the molecule is CCn1ncc(-c2csc(CNC)c2)c1C. The van der Waals surface area contributed by atoms with Crippen molar-refractivity contribution in [1.82, 2.24) is 15.1 Å². The van der Waals surface area contributed by atoms with Gasteiger partial charge in [-0.2, -0.15) is 5.10 Å². The van der Waals surface area contributed by atoms with Crippen LogP contribution in [0.25, 0.3) is 11.1 Å². The third-order valence-electron chi connectivity index (χ3n) is 2.72. The molecule has 0 bridgehead atoms. The fraction of sp³-hybridized carbons (Fsp3) is 0.417. The van der Waals surface area contributed by atoms with Crippen molar-refractivity contribution in [2.45, 2.75) is 26.9 Å². The fourth-order valence-electron chi connectivity index (χ4n) is 1.84. The first-order chi connectivity index (χ1) is 7.76. The van der Waals surface area contributed by atoms with Crippen LogP contribution in [0.2, 0.25) is 0 Å². The Morgan fingerprint density at radius 2 is 2.31 bits per heavy atom. The molecule has 1 N–H and O–H groups in total. The first-order valence-corrected chi connectivity index (χ1v) is 6.39. The van der Waals surface area contributed by atoms with Gasteiger partial charge >= 0.3 is 0 Å². The maximum atomic E-state index is 4.37. The lowest BCUT2D eigenvalue weighted by Crippen LogP contribution is -2.02. The van der Waals surface area contributed by atoms with Gasteiger partial charge in [0.1, 0.15) is 0 Å². The molecule has 2 rings (SSSR count). The Hall–Kier alpha value is -1.13. The first-order valence-electron chi connectivity index (χ1n) is 5.51. The quantitative estimate of drug-likeness (QED) is 0.883. The lowest BCUT2D eigenvalue weighted by Gasteiger charge is -2.00. The molecule has 2 aromatic rings. The van der Waals surface area contributed by atoms with Gasteiger partial charge in [0, 0.05) is 29.2 Å². The molecular formula is C12H17N3S. The molecule has 16 heavy (non-hydrogen) atoms. The monoisotopic (exact) mass is 235 g/mol. The summed E-state index contributed by atoms with van der Waals surface area (Å²) < 4.78 is 2.03. The molecule has 2 aromatic heterocycles. The van der Waals surface area contributed by atoms with Gasteiger partial charge in [-0.3, -0.25) is 4.68 Å². The van der Waals surface area contributed by atoms with Crippen molar-refractivity contribution in [2.75, 3.05) is 7.05 Å². The minimum absolute atomic E-state index is 0.930. The fourth-order valence-corrected chi connectivity index (χ4v) is 2.73. The van der Waals surface area contributed by atoms with E-state index in [-0.39, 0.29) is 0 Å². The zero-order chi connectivity index (χ0) is 11.5. The van der Waals surface area contributed by atoms with Gasteiger partial charge in [0.2, 0.25) is 0 Å². The molecule has 0 fully saturated rings. The number of hydrogen-bond donors (Lipinski definition) is 1. The predicted molar refractivity (Wildman–Crippen MR) is 68.7 cm³/mol. The normalized spacial score (nSPS) is 10.9. The van der Waals surface area contributed by atoms with Crippen LogP contribution in [0.5, 0.6) is 0 Å². The Kier molecular flexibility index (Phi) is 3.41. The summed E-state index contributed by atoms with van der Waals surface area (Å²) in [5.74, 6) is 0. The third-order valence-corrected chi connectivity index (χ3v) is 3.66. The Labute approximate surface area is 100 Å². The van der Waals surface area contributed by atoms with Crippen LogP contribution in [-0.4, -0.2) is 16.8 Å². The molecule has 2 heterocycles. The van der Waals surface area contributed by atoms with Crippen LogP contribution in [0.1, 0.15) is 17.5 Å². The molecule has 0 aromatic carbocycles. The van der Waals surface area contributed by atoms with Crippen LogP contribution < -0.4 is 5.32 Å². The van der Waals surface area contributed by atoms with Crippen molar-refractivity contribution >= 4 is 11.3 Å². The molecule has 0 saturated carbocycles. The molecule has 0 aliphatic heterocycles. The molecule has 0 aliphatic rings. The molecule has 0 saturated heterocycles. The topological polar surface area (TPSA) is 29.9 Å². The summed E-state index contributed by atoms with van der Waals surface area (Å²) in [6, 6.07) is 2.24. The number of thiophene rings is 1. The lowest BCUT2D eigenvalue weighted by molar-refractivity contribution is 0.640. The van der Waals surface area contributed by atoms with Crippen LogP contribution in [0.4, 0.5) is 0 Å². The van der Waals surface area contributed by atoms with Gasteiger partial charge in [0.05, 0.1) is 6.20 Å². The Balaban J connectivity index is 2.31. The number of nitrogens with one attached hydrogen (secondary N) is 1. The molecule has 0 aliphatic carbocycles. The van der Waals surface area contributed by atoms with E-state index in [0.717, 1.165) is 13.1 Å². The largest absolute Gasteiger partial charge is 0.315 e. The second-order valence-corrected chi connectivity index (χ2v) is 4.79. The first kappa shape index (κ1) is 11.4. The Morgan fingerprint density at radius 3 is 2.94 bits per heavy atom. The summed E-state index contributed by atoms with van der Waals surface area (Å²) in [7, 11) is 1.97. The highest BCUT2D eigenvalue weighted by Gasteiger charge is 2.09. The molecule has 0 unspecified atom stereocenters. The summed E-state index contributed by atoms with van der Waals surface area (Å²) in [6.45, 7) is 6.11. The van der Waals surface area contributed by atoms with E-state index in [1.807, 2.05) is 17.9 Å². The maximum Gasteiger partial charge on any atom is 0.0571 e. The lowest BCUT2D eigenvalue weighted by atomic mass is 10.1. The van der Waals surface area contributed by atoms with Crippen LogP contribution >= 0.6 is 11.3 Å². The van der Waals surface area contributed by atoms with Gasteiger partial charge in [0.15, 0.2) is 0 Å². The second-order valence-electron chi connectivity index (χ2n) is 3.79. The van der Waals surface area contributed by atoms with Gasteiger partial charge in [-0.05, 0) is 37.9 Å². The van der Waals surface area contributed by atoms with Crippen molar-refractivity contribution in [3.05, 3.63) is 28.2 Å². The van der Waals surface area contributed by atoms with E-state index < -0.39 is 0 Å². The van der Waals surface area contributed by atoms with Gasteiger partial charge in [-0.25, -0.2) is 0 Å². The van der Waals surface area contributed by atoms with Crippen molar-refractivity contribution in [3.63, 3.8) is 0 Å². The molecule has 0 spiro atoms. The molecule has 3 nitrogen and oxygen atoms in total. The molecule has 86 valence electrons. The van der Waals surface area contributed by atoms with Crippen LogP contribution in [-0.2, 0) is 13.1 Å². The summed E-state index contributed by atoms with van der Waals surface area (Å²) in [5.41, 5.74) is 3.78. The number of rotatable bonds is 4. The van der Waals surface area contributed by atoms with Gasteiger partial charge in [-0.1, -0.05) is 0 Å². The number of aromatic nitrogens is 2. The van der Waals surface area contributed by atoms with E-state index in [0.29, 0.717) is 0 Å². The van der Waals surface area contributed by atoms with E-state index in [1.54, 1.807) is 11.3 Å². The van der Waals surface area contributed by atoms with Crippen LogP contribution in [0, 0.1) is 6.92 Å². The van der Waals surface area contributed by atoms with Gasteiger partial charge in [0.25, 0.3) is 0 Å². The number of aryl methyl sites for hydroxylation is 1. The smallest absolute Gasteiger partial charge is 0.0571 e. The highest BCUT2D eigenvalue weighted by Crippen LogP contribution is 2.27. The van der Waals surface area contributed by atoms with E-state index >= 15 is 0 Å². The Bertz CT molecular complexity index is 470. The second kappa shape index (κ2) is 4.80. The van der Waals surface area contributed by atoms with Gasteiger partial charge < -0.3 is 5.32 Å². The van der Waals surface area contributed by atoms with E-state index in [9.17, 15) is 0 Å². The summed E-state index contributed by atoms with van der Waals surface area (Å²) in [4.78, 5) is 1.36. The van der Waals surface area contributed by atoms with Crippen molar-refractivity contribution < 1.29 is 0 Å². The highest BCUT2D eigenvalue weighted by molar-refractivity contribution is 7.10. The maximum absolute atomic E-state index is 4.37. The number of nitrogens with zero attached hydrogens (tertiary/aromatic N) is 2. The molecule has 0 atom stereocenters. The van der Waals surface area contributed by atoms with Crippen molar-refractivity contribution in [2.24, 2.45) is 0 Å². The van der Waals surface area contributed by atoms with Crippen LogP contribution in [0.15, 0.2) is 17.6 Å². The standard InChI is InChI=1S/C12H17N3S/c1-4-15-9(2)12(7-14-15)10-5-11(6-13-3)16-8-10/h5,7-8,13H,4,6H2,1-3H3. The average molecular weight is 235 g/mol. The van der Waals surface area contributed by atoms with Crippen molar-refractivity contribution in [3.8, 4) is 11.1 Å². The van der Waals surface area contributed by atoms with Crippen molar-refractivity contribution in [1.29, 1.82) is 0 Å². The predicted octanol–water partition coefficient (Wildman–Crippen LogP) is 2.66. The summed E-state index contributed by atoms with van der Waals surface area (Å²) in [6.07, 6.45) is 1.96. The minimum Gasteiger partial charge on any atom is -0.315 e. The molecule has 0 amide bonds. The van der Waals surface area contributed by atoms with E-state index in [1.165, 1.54) is 21.7 Å². The zero-order valence-electron chi connectivity index (χ0n) is 9.95. The van der Waals surface area contributed by atoms with E-state index in [2.05, 4.69) is 35.7 Å². The average Bonchev–Trinajstić information content (AvgIpc) is 2.85. The Morgan fingerprint density at radius 1 is 1.50 bits per heavy atom. The van der Waals surface area contributed by atoms with Crippen LogP contribution in [0.3, 0.4) is 0 Å². The minimum atomic E-state index is 0.930. The molecular weight excluding hydrogens is 218 g/mol. The number of hydrogen-bond acceptors (Lipinski definition) is 3. The molecule has 0 radical (unpaired) electrons. The summed E-state index contributed by atoms with van der Waals surface area (Å²) in [5, 5.41) is 9.75. The third kappa shape index (κ3) is 2.03. The van der Waals surface area contributed by atoms with E-state index in [4.69, 9.17) is 0 Å². The highest BCUT2D eigenvalue weighted by atomic mass is 32.1. The molecule has 4 heteroatoms.